The van der Waals surface area contributed by atoms with E-state index in [1.807, 2.05) is 25.1 Å². The van der Waals surface area contributed by atoms with Crippen molar-refractivity contribution in [2.24, 2.45) is 0 Å². The van der Waals surface area contributed by atoms with Crippen molar-refractivity contribution in [1.29, 1.82) is 0 Å². The summed E-state index contributed by atoms with van der Waals surface area (Å²) in [4.78, 5) is 21.2. The monoisotopic (exact) mass is 431 g/mol. The third-order valence-electron chi connectivity index (χ3n) is 4.98. The molecule has 154 valence electrons. The van der Waals surface area contributed by atoms with E-state index in [1.165, 1.54) is 4.88 Å². The molecule has 0 radical (unpaired) electrons. The predicted molar refractivity (Wildman–Crippen MR) is 119 cm³/mol. The minimum atomic E-state index is -0.255. The average molecular weight is 432 g/mol. The van der Waals surface area contributed by atoms with Gasteiger partial charge in [-0.1, -0.05) is 24.3 Å². The zero-order valence-corrected chi connectivity index (χ0v) is 18.5. The van der Waals surface area contributed by atoms with Crippen molar-refractivity contribution in [3.8, 4) is 5.75 Å². The molecule has 0 amide bonds. The van der Waals surface area contributed by atoms with E-state index in [2.05, 4.69) is 17.1 Å². The maximum Gasteiger partial charge on any atom is 0.341 e. The van der Waals surface area contributed by atoms with Gasteiger partial charge < -0.3 is 14.8 Å². The topological polar surface area (TPSA) is 63.7 Å². The summed E-state index contributed by atoms with van der Waals surface area (Å²) in [6.07, 6.45) is 2.00. The molecule has 4 rings (SSSR count). The average Bonchev–Trinajstić information content (AvgIpc) is 3.28. The van der Waals surface area contributed by atoms with Gasteiger partial charge in [-0.15, -0.1) is 11.3 Å². The number of fused-ring (bicyclic) bond motifs is 2. The minimum Gasteiger partial charge on any atom is -0.494 e. The number of benzene rings is 1. The Morgan fingerprint density at radius 1 is 1.31 bits per heavy atom. The largest absolute Gasteiger partial charge is 0.494 e. The quantitative estimate of drug-likeness (QED) is 0.528. The number of carbonyl (C=O) groups is 1. The number of methoxy groups -OCH3 is 1. The molecule has 0 aliphatic carbocycles. The Morgan fingerprint density at radius 3 is 2.93 bits per heavy atom. The lowest BCUT2D eigenvalue weighted by Crippen LogP contribution is -2.30. The third kappa shape index (κ3) is 3.97. The van der Waals surface area contributed by atoms with Gasteiger partial charge in [0.2, 0.25) is 0 Å². The number of para-hydroxylation sites is 1. The molecule has 6 nitrogen and oxygen atoms in total. The highest BCUT2D eigenvalue weighted by Crippen LogP contribution is 2.41. The molecule has 2 aromatic heterocycles. The van der Waals surface area contributed by atoms with Crippen LogP contribution in [-0.4, -0.2) is 42.7 Å². The van der Waals surface area contributed by atoms with Crippen molar-refractivity contribution in [1.82, 2.24) is 9.88 Å². The Kier molecular flexibility index (Phi) is 6.03. The molecule has 29 heavy (non-hydrogen) atoms. The van der Waals surface area contributed by atoms with E-state index in [4.69, 9.17) is 14.5 Å². The summed E-state index contributed by atoms with van der Waals surface area (Å²) in [5.74, 6) is 0.494. The van der Waals surface area contributed by atoms with Crippen LogP contribution in [0.4, 0.5) is 10.1 Å². The van der Waals surface area contributed by atoms with Crippen molar-refractivity contribution >= 4 is 49.0 Å². The molecule has 0 unspecified atom stereocenters. The van der Waals surface area contributed by atoms with Gasteiger partial charge in [0, 0.05) is 18.0 Å². The Balaban J connectivity index is 1.70. The second kappa shape index (κ2) is 8.69. The highest BCUT2D eigenvalue weighted by atomic mass is 32.1. The molecule has 1 aromatic carbocycles. The van der Waals surface area contributed by atoms with Gasteiger partial charge in [-0.25, -0.2) is 9.78 Å². The first kappa shape index (κ1) is 20.1. The number of hydrogen-bond donors (Lipinski definition) is 1. The standard InChI is InChI=1S/C21H25N3O3S2/c1-4-10-24-11-9-13-16(12-24)28-19(17(13)20(25)27-5-2)23-21-22-18-14(26-3)7-6-8-15(18)29-21/h6-8H,4-5,9-12H2,1-3H3,(H,22,23). The molecule has 0 spiro atoms. The van der Waals surface area contributed by atoms with Crippen LogP contribution >= 0.6 is 22.7 Å². The molecule has 0 saturated heterocycles. The molecule has 0 atom stereocenters. The molecular formula is C21H25N3O3S2. The van der Waals surface area contributed by atoms with Crippen LogP contribution in [0.25, 0.3) is 10.2 Å². The van der Waals surface area contributed by atoms with Crippen LogP contribution in [0.5, 0.6) is 5.75 Å². The molecule has 0 saturated carbocycles. The number of thiophene rings is 1. The molecule has 0 bridgehead atoms. The third-order valence-corrected chi connectivity index (χ3v) is 7.05. The van der Waals surface area contributed by atoms with E-state index in [9.17, 15) is 4.79 Å². The van der Waals surface area contributed by atoms with Crippen LogP contribution in [0.1, 0.15) is 41.1 Å². The molecule has 1 aliphatic rings. The summed E-state index contributed by atoms with van der Waals surface area (Å²) in [6.45, 7) is 7.34. The van der Waals surface area contributed by atoms with Gasteiger partial charge in [0.05, 0.1) is 24.0 Å². The first-order valence-corrected chi connectivity index (χ1v) is 11.5. The summed E-state index contributed by atoms with van der Waals surface area (Å²) >= 11 is 3.19. The highest BCUT2D eigenvalue weighted by molar-refractivity contribution is 7.23. The Hall–Kier alpha value is -2.16. The number of carbonyl (C=O) groups excluding carboxylic acids is 1. The zero-order valence-electron chi connectivity index (χ0n) is 16.9. The fraction of sp³-hybridized carbons (Fsp3) is 0.429. The summed E-state index contributed by atoms with van der Waals surface area (Å²) in [6, 6.07) is 5.89. The van der Waals surface area contributed by atoms with Crippen LogP contribution in [0, 0.1) is 0 Å². The van der Waals surface area contributed by atoms with Crippen LogP contribution < -0.4 is 10.1 Å². The van der Waals surface area contributed by atoms with Crippen molar-refractivity contribution in [3.05, 3.63) is 34.2 Å². The molecule has 1 N–H and O–H groups in total. The SMILES string of the molecule is CCCN1CCc2c(sc(Nc3nc4c(OC)cccc4s3)c2C(=O)OCC)C1. The molecule has 3 heterocycles. The van der Waals surface area contributed by atoms with Crippen molar-refractivity contribution < 1.29 is 14.3 Å². The normalized spacial score (nSPS) is 14.0. The summed E-state index contributed by atoms with van der Waals surface area (Å²) in [7, 11) is 1.65. The van der Waals surface area contributed by atoms with E-state index in [1.54, 1.807) is 29.8 Å². The lowest BCUT2D eigenvalue weighted by Gasteiger charge is -2.26. The molecule has 1 aliphatic heterocycles. The highest BCUT2D eigenvalue weighted by Gasteiger charge is 2.29. The summed E-state index contributed by atoms with van der Waals surface area (Å²) < 4.78 is 11.8. The number of anilines is 2. The van der Waals surface area contributed by atoms with Crippen LogP contribution in [-0.2, 0) is 17.7 Å². The first-order chi connectivity index (χ1) is 14.1. The van der Waals surface area contributed by atoms with Gasteiger partial charge in [-0.05, 0) is 44.0 Å². The van der Waals surface area contributed by atoms with Crippen LogP contribution in [0.3, 0.4) is 0 Å². The fourth-order valence-electron chi connectivity index (χ4n) is 3.71. The van der Waals surface area contributed by atoms with Gasteiger partial charge in [0.1, 0.15) is 16.3 Å². The number of ether oxygens (including phenoxy) is 2. The maximum absolute atomic E-state index is 12.8. The summed E-state index contributed by atoms with van der Waals surface area (Å²) in [5, 5.41) is 4.98. The van der Waals surface area contributed by atoms with Gasteiger partial charge >= 0.3 is 5.97 Å². The predicted octanol–water partition coefficient (Wildman–Crippen LogP) is 5.05. The number of aromatic nitrogens is 1. The second-order valence-electron chi connectivity index (χ2n) is 6.91. The maximum atomic E-state index is 12.8. The second-order valence-corrected chi connectivity index (χ2v) is 9.04. The number of nitrogens with one attached hydrogen (secondary N) is 1. The van der Waals surface area contributed by atoms with E-state index < -0.39 is 0 Å². The smallest absolute Gasteiger partial charge is 0.341 e. The van der Waals surface area contributed by atoms with E-state index >= 15 is 0 Å². The molecular weight excluding hydrogens is 406 g/mol. The van der Waals surface area contributed by atoms with E-state index in [-0.39, 0.29) is 5.97 Å². The van der Waals surface area contributed by atoms with E-state index in [0.29, 0.717) is 12.2 Å². The van der Waals surface area contributed by atoms with Gasteiger partial charge in [0.15, 0.2) is 5.13 Å². The number of esters is 1. The minimum absolute atomic E-state index is 0.255. The van der Waals surface area contributed by atoms with Crippen LogP contribution in [0.2, 0.25) is 0 Å². The zero-order chi connectivity index (χ0) is 20.4. The number of hydrogen-bond acceptors (Lipinski definition) is 8. The molecule has 3 aromatic rings. The number of rotatable bonds is 7. The first-order valence-electron chi connectivity index (χ1n) is 9.89. The van der Waals surface area contributed by atoms with Gasteiger partial charge in [-0.3, -0.25) is 4.90 Å². The fourth-order valence-corrected chi connectivity index (χ4v) is 5.94. The van der Waals surface area contributed by atoms with Crippen molar-refractivity contribution in [2.45, 2.75) is 33.2 Å². The van der Waals surface area contributed by atoms with Gasteiger partial charge in [-0.2, -0.15) is 0 Å². The lowest BCUT2D eigenvalue weighted by molar-refractivity contribution is 0.0526. The number of thiazole rings is 1. The Bertz CT molecular complexity index is 1030. The Morgan fingerprint density at radius 2 is 2.17 bits per heavy atom. The van der Waals surface area contributed by atoms with Crippen molar-refractivity contribution in [3.63, 3.8) is 0 Å². The van der Waals surface area contributed by atoms with E-state index in [0.717, 1.165) is 64.1 Å². The van der Waals surface area contributed by atoms with Crippen molar-refractivity contribution in [2.75, 3.05) is 32.1 Å². The molecule has 8 heteroatoms. The Labute approximate surface area is 178 Å². The summed E-state index contributed by atoms with van der Waals surface area (Å²) in [5.41, 5.74) is 2.63. The van der Waals surface area contributed by atoms with Gasteiger partial charge in [0.25, 0.3) is 0 Å². The lowest BCUT2D eigenvalue weighted by atomic mass is 10.0. The van der Waals surface area contributed by atoms with Crippen LogP contribution in [0.15, 0.2) is 18.2 Å². The molecule has 0 fully saturated rings. The number of nitrogens with zero attached hydrogens (tertiary/aromatic N) is 2.